The number of para-hydroxylation sites is 1. The average Bonchev–Trinajstić information content (AvgIpc) is 2.60. The van der Waals surface area contributed by atoms with Crippen molar-refractivity contribution in [3.8, 4) is 11.8 Å². The molecule has 1 heterocycles. The first-order valence-corrected chi connectivity index (χ1v) is 7.45. The maximum Gasteiger partial charge on any atom is 0.262 e. The second-order valence-corrected chi connectivity index (χ2v) is 5.31. The minimum atomic E-state index is -0.274. The van der Waals surface area contributed by atoms with Crippen LogP contribution in [-0.2, 0) is 4.79 Å². The van der Waals surface area contributed by atoms with E-state index in [4.69, 9.17) is 10.00 Å². The number of carbonyl (C=O) groups is 1. The van der Waals surface area contributed by atoms with Crippen LogP contribution in [0.4, 0.5) is 5.69 Å². The average molecular weight is 317 g/mol. The van der Waals surface area contributed by atoms with Crippen molar-refractivity contribution in [3.05, 3.63) is 65.9 Å². The number of pyridine rings is 1. The monoisotopic (exact) mass is 317 g/mol. The predicted molar refractivity (Wildman–Crippen MR) is 91.8 cm³/mol. The van der Waals surface area contributed by atoms with Gasteiger partial charge in [-0.3, -0.25) is 4.79 Å². The standard InChI is InChI=1S/C19H15N3O2/c1-13-5-8-15-3-2-4-17(19(15)21-13)24-12-18(23)22-16-9-6-14(11-20)7-10-16/h2-10H,12H2,1H3,(H,22,23). The lowest BCUT2D eigenvalue weighted by Gasteiger charge is -2.10. The van der Waals surface area contributed by atoms with Gasteiger partial charge < -0.3 is 10.1 Å². The maximum atomic E-state index is 12.0. The van der Waals surface area contributed by atoms with Crippen LogP contribution in [0, 0.1) is 18.3 Å². The summed E-state index contributed by atoms with van der Waals surface area (Å²) in [5.74, 6) is 0.301. The number of aryl methyl sites for hydroxylation is 1. The summed E-state index contributed by atoms with van der Waals surface area (Å²) in [5, 5.41) is 12.5. The van der Waals surface area contributed by atoms with Crippen LogP contribution in [0.15, 0.2) is 54.6 Å². The zero-order chi connectivity index (χ0) is 16.9. The molecular weight excluding hydrogens is 302 g/mol. The summed E-state index contributed by atoms with van der Waals surface area (Å²) in [6.07, 6.45) is 0. The SMILES string of the molecule is Cc1ccc2cccc(OCC(=O)Nc3ccc(C#N)cc3)c2n1. The van der Waals surface area contributed by atoms with Crippen LogP contribution in [-0.4, -0.2) is 17.5 Å². The van der Waals surface area contributed by atoms with Gasteiger partial charge in [0.25, 0.3) is 5.91 Å². The topological polar surface area (TPSA) is 75.0 Å². The smallest absolute Gasteiger partial charge is 0.262 e. The fourth-order valence-corrected chi connectivity index (χ4v) is 2.30. The minimum absolute atomic E-state index is 0.116. The number of hydrogen-bond acceptors (Lipinski definition) is 4. The number of fused-ring (bicyclic) bond motifs is 1. The van der Waals surface area contributed by atoms with Crippen molar-refractivity contribution in [2.24, 2.45) is 0 Å². The van der Waals surface area contributed by atoms with E-state index in [-0.39, 0.29) is 12.5 Å². The highest BCUT2D eigenvalue weighted by Crippen LogP contribution is 2.23. The van der Waals surface area contributed by atoms with Crippen LogP contribution in [0.2, 0.25) is 0 Å². The third-order valence-electron chi connectivity index (χ3n) is 3.48. The molecular formula is C19H15N3O2. The molecule has 0 aliphatic rings. The third kappa shape index (κ3) is 3.50. The van der Waals surface area contributed by atoms with Crippen LogP contribution in [0.5, 0.6) is 5.75 Å². The van der Waals surface area contributed by atoms with Gasteiger partial charge in [-0.25, -0.2) is 4.98 Å². The van der Waals surface area contributed by atoms with Gasteiger partial charge in [0.05, 0.1) is 11.6 Å². The van der Waals surface area contributed by atoms with Crippen LogP contribution in [0.25, 0.3) is 10.9 Å². The van der Waals surface area contributed by atoms with Gasteiger partial charge >= 0.3 is 0 Å². The normalized spacial score (nSPS) is 10.2. The Balaban J connectivity index is 1.68. The molecule has 0 aliphatic heterocycles. The van der Waals surface area contributed by atoms with Crippen molar-refractivity contribution >= 4 is 22.5 Å². The molecule has 0 bridgehead atoms. The van der Waals surface area contributed by atoms with Crippen molar-refractivity contribution < 1.29 is 9.53 Å². The first-order valence-electron chi connectivity index (χ1n) is 7.45. The number of aromatic nitrogens is 1. The van der Waals surface area contributed by atoms with Crippen LogP contribution < -0.4 is 10.1 Å². The van der Waals surface area contributed by atoms with Gasteiger partial charge in [-0.15, -0.1) is 0 Å². The van der Waals surface area contributed by atoms with Crippen molar-refractivity contribution in [1.82, 2.24) is 4.98 Å². The molecule has 1 aromatic heterocycles. The number of benzene rings is 2. The Bertz CT molecular complexity index is 927. The van der Waals surface area contributed by atoms with Crippen LogP contribution in [0.3, 0.4) is 0 Å². The molecule has 0 fully saturated rings. The first-order chi connectivity index (χ1) is 11.7. The summed E-state index contributed by atoms with van der Waals surface area (Å²) in [4.78, 5) is 16.5. The fourth-order valence-electron chi connectivity index (χ4n) is 2.30. The fraction of sp³-hybridized carbons (Fsp3) is 0.105. The van der Waals surface area contributed by atoms with Gasteiger partial charge in [-0.2, -0.15) is 5.26 Å². The number of anilines is 1. The molecule has 0 atom stereocenters. The lowest BCUT2D eigenvalue weighted by molar-refractivity contribution is -0.118. The molecule has 0 saturated carbocycles. The summed E-state index contributed by atoms with van der Waals surface area (Å²) in [5.41, 5.74) is 2.79. The Morgan fingerprint density at radius 2 is 1.96 bits per heavy atom. The lowest BCUT2D eigenvalue weighted by atomic mass is 10.2. The molecule has 5 nitrogen and oxygen atoms in total. The summed E-state index contributed by atoms with van der Waals surface area (Å²) in [7, 11) is 0. The number of amides is 1. The van der Waals surface area contributed by atoms with Gasteiger partial charge in [-0.05, 0) is 43.3 Å². The van der Waals surface area contributed by atoms with Crippen LogP contribution in [0.1, 0.15) is 11.3 Å². The van der Waals surface area contributed by atoms with Crippen molar-refractivity contribution in [1.29, 1.82) is 5.26 Å². The molecule has 24 heavy (non-hydrogen) atoms. The van der Waals surface area contributed by atoms with E-state index in [1.54, 1.807) is 30.3 Å². The molecule has 2 aromatic carbocycles. The van der Waals surface area contributed by atoms with E-state index in [0.29, 0.717) is 17.0 Å². The lowest BCUT2D eigenvalue weighted by Crippen LogP contribution is -2.20. The largest absolute Gasteiger partial charge is 0.481 e. The number of ether oxygens (including phenoxy) is 1. The van der Waals surface area contributed by atoms with Gasteiger partial charge in [-0.1, -0.05) is 18.2 Å². The van der Waals surface area contributed by atoms with E-state index in [2.05, 4.69) is 10.3 Å². The molecule has 118 valence electrons. The maximum absolute atomic E-state index is 12.0. The Labute approximate surface area is 139 Å². The predicted octanol–water partition coefficient (Wildman–Crippen LogP) is 3.43. The zero-order valence-electron chi connectivity index (χ0n) is 13.1. The number of nitrogens with one attached hydrogen (secondary N) is 1. The second kappa shape index (κ2) is 6.80. The Hall–Kier alpha value is -3.39. The summed E-state index contributed by atoms with van der Waals surface area (Å²) >= 11 is 0. The van der Waals surface area contributed by atoms with E-state index >= 15 is 0 Å². The zero-order valence-corrected chi connectivity index (χ0v) is 13.1. The number of rotatable bonds is 4. The second-order valence-electron chi connectivity index (χ2n) is 5.31. The van der Waals surface area contributed by atoms with E-state index in [1.165, 1.54) is 0 Å². The Morgan fingerprint density at radius 3 is 2.71 bits per heavy atom. The molecule has 0 saturated heterocycles. The molecule has 0 aliphatic carbocycles. The van der Waals surface area contributed by atoms with Crippen molar-refractivity contribution in [3.63, 3.8) is 0 Å². The van der Waals surface area contributed by atoms with Gasteiger partial charge in [0.15, 0.2) is 6.61 Å². The van der Waals surface area contributed by atoms with Crippen molar-refractivity contribution in [2.75, 3.05) is 11.9 Å². The highest BCUT2D eigenvalue weighted by molar-refractivity contribution is 5.92. The number of nitriles is 1. The number of carbonyl (C=O) groups excluding carboxylic acids is 1. The minimum Gasteiger partial charge on any atom is -0.481 e. The quantitative estimate of drug-likeness (QED) is 0.800. The molecule has 0 spiro atoms. The first kappa shape index (κ1) is 15.5. The molecule has 5 heteroatoms. The van der Waals surface area contributed by atoms with Gasteiger partial charge in [0.2, 0.25) is 0 Å². The number of nitrogens with zero attached hydrogens (tertiary/aromatic N) is 2. The van der Waals surface area contributed by atoms with E-state index in [1.807, 2.05) is 37.3 Å². The molecule has 1 N–H and O–H groups in total. The Kier molecular flexibility index (Phi) is 4.39. The molecule has 1 amide bonds. The molecule has 0 radical (unpaired) electrons. The molecule has 3 rings (SSSR count). The van der Waals surface area contributed by atoms with Gasteiger partial charge in [0, 0.05) is 16.8 Å². The summed E-state index contributed by atoms with van der Waals surface area (Å²) in [6, 6.07) is 18.2. The number of hydrogen-bond donors (Lipinski definition) is 1. The molecule has 3 aromatic rings. The van der Waals surface area contributed by atoms with E-state index in [9.17, 15) is 4.79 Å². The molecule has 0 unspecified atom stereocenters. The highest BCUT2D eigenvalue weighted by Gasteiger charge is 2.08. The van der Waals surface area contributed by atoms with Crippen molar-refractivity contribution in [2.45, 2.75) is 6.92 Å². The van der Waals surface area contributed by atoms with E-state index in [0.717, 1.165) is 16.6 Å². The Morgan fingerprint density at radius 1 is 1.17 bits per heavy atom. The van der Waals surface area contributed by atoms with Crippen LogP contribution >= 0.6 is 0 Å². The summed E-state index contributed by atoms with van der Waals surface area (Å²) in [6.45, 7) is 1.79. The van der Waals surface area contributed by atoms with E-state index < -0.39 is 0 Å². The third-order valence-corrected chi connectivity index (χ3v) is 3.48. The highest BCUT2D eigenvalue weighted by atomic mass is 16.5. The summed E-state index contributed by atoms with van der Waals surface area (Å²) < 4.78 is 5.63. The van der Waals surface area contributed by atoms with Gasteiger partial charge in [0.1, 0.15) is 11.3 Å².